The second-order valence-corrected chi connectivity index (χ2v) is 4.14. The highest BCUT2D eigenvalue weighted by atomic mass is 16.6. The lowest BCUT2D eigenvalue weighted by molar-refractivity contribution is -0.385. The average Bonchev–Trinajstić information content (AvgIpc) is 2.92. The fourth-order valence-corrected chi connectivity index (χ4v) is 1.75. The number of carbonyl (C=O) groups excluding carboxylic acids is 1. The summed E-state index contributed by atoms with van der Waals surface area (Å²) in [4.78, 5) is 22.0. The predicted molar refractivity (Wildman–Crippen MR) is 69.4 cm³/mol. The maximum atomic E-state index is 12.0. The number of amides is 1. The topological polar surface area (TPSA) is 106 Å². The Morgan fingerprint density at radius 1 is 1.40 bits per heavy atom. The molecule has 0 radical (unpaired) electrons. The number of nitro groups is 1. The van der Waals surface area contributed by atoms with Crippen LogP contribution in [-0.4, -0.2) is 15.9 Å². The molecule has 0 aliphatic carbocycles. The van der Waals surface area contributed by atoms with Gasteiger partial charge in [0.05, 0.1) is 22.8 Å². The van der Waals surface area contributed by atoms with Crippen molar-refractivity contribution in [2.24, 2.45) is 0 Å². The van der Waals surface area contributed by atoms with Crippen LogP contribution in [0.5, 0.6) is 5.75 Å². The van der Waals surface area contributed by atoms with Crippen LogP contribution in [0.15, 0.2) is 41.0 Å². The van der Waals surface area contributed by atoms with Crippen molar-refractivity contribution >= 4 is 11.6 Å². The predicted octanol–water partition coefficient (Wildman–Crippen LogP) is 2.38. The van der Waals surface area contributed by atoms with Crippen molar-refractivity contribution in [3.05, 3.63) is 58.0 Å². The number of benzene rings is 1. The molecule has 1 aromatic heterocycles. The van der Waals surface area contributed by atoms with Crippen molar-refractivity contribution in [2.75, 3.05) is 0 Å². The molecular weight excluding hydrogens is 264 g/mol. The molecule has 1 amide bonds. The molecule has 0 bridgehead atoms. The molecule has 2 N–H and O–H groups in total. The van der Waals surface area contributed by atoms with Gasteiger partial charge in [-0.3, -0.25) is 14.9 Å². The first-order chi connectivity index (χ1) is 9.50. The van der Waals surface area contributed by atoms with Gasteiger partial charge in [0.2, 0.25) is 5.75 Å². The number of nitro benzene ring substituents is 1. The molecule has 0 fully saturated rings. The molecule has 2 aromatic rings. The van der Waals surface area contributed by atoms with E-state index in [1.165, 1.54) is 18.4 Å². The molecule has 0 saturated heterocycles. The van der Waals surface area contributed by atoms with E-state index in [-0.39, 0.29) is 5.56 Å². The van der Waals surface area contributed by atoms with E-state index in [4.69, 9.17) is 4.42 Å². The fraction of sp³-hybridized carbons (Fsp3) is 0.154. The number of furan rings is 1. The minimum atomic E-state index is -0.748. The summed E-state index contributed by atoms with van der Waals surface area (Å²) in [5, 5.41) is 23.0. The van der Waals surface area contributed by atoms with Gasteiger partial charge >= 0.3 is 5.69 Å². The zero-order chi connectivity index (χ0) is 14.7. The van der Waals surface area contributed by atoms with Crippen molar-refractivity contribution in [1.82, 2.24) is 5.32 Å². The number of hydrogen-bond donors (Lipinski definition) is 2. The van der Waals surface area contributed by atoms with Gasteiger partial charge in [-0.25, -0.2) is 0 Å². The third-order valence-electron chi connectivity index (χ3n) is 2.77. The van der Waals surface area contributed by atoms with Crippen LogP contribution in [0.1, 0.15) is 29.1 Å². The van der Waals surface area contributed by atoms with Crippen LogP contribution in [0.3, 0.4) is 0 Å². The summed E-state index contributed by atoms with van der Waals surface area (Å²) < 4.78 is 5.14. The van der Waals surface area contributed by atoms with Crippen LogP contribution >= 0.6 is 0 Å². The van der Waals surface area contributed by atoms with Crippen LogP contribution in [0.25, 0.3) is 0 Å². The molecule has 1 unspecified atom stereocenters. The molecule has 0 spiro atoms. The van der Waals surface area contributed by atoms with Crippen LogP contribution in [0.4, 0.5) is 5.69 Å². The zero-order valence-corrected chi connectivity index (χ0v) is 10.6. The Morgan fingerprint density at radius 2 is 2.15 bits per heavy atom. The summed E-state index contributed by atoms with van der Waals surface area (Å²) in [6, 6.07) is 6.73. The molecule has 7 nitrogen and oxygen atoms in total. The second kappa shape index (κ2) is 5.43. The molecule has 0 aliphatic heterocycles. The van der Waals surface area contributed by atoms with Gasteiger partial charge in [0.25, 0.3) is 5.91 Å². The molecule has 1 aromatic carbocycles. The average molecular weight is 276 g/mol. The summed E-state index contributed by atoms with van der Waals surface area (Å²) in [5.41, 5.74) is -0.666. The number of rotatable bonds is 4. The van der Waals surface area contributed by atoms with E-state index in [0.29, 0.717) is 5.76 Å². The van der Waals surface area contributed by atoms with E-state index in [1.807, 2.05) is 0 Å². The van der Waals surface area contributed by atoms with Gasteiger partial charge in [0, 0.05) is 6.07 Å². The van der Waals surface area contributed by atoms with E-state index in [1.54, 1.807) is 19.1 Å². The van der Waals surface area contributed by atoms with Crippen LogP contribution in [-0.2, 0) is 0 Å². The smallest absolute Gasteiger partial charge is 0.311 e. The van der Waals surface area contributed by atoms with Crippen LogP contribution in [0.2, 0.25) is 0 Å². The Hall–Kier alpha value is -2.83. The van der Waals surface area contributed by atoms with Crippen molar-refractivity contribution in [3.63, 3.8) is 0 Å². The molecule has 0 saturated carbocycles. The Balaban J connectivity index is 2.22. The normalized spacial score (nSPS) is 11.8. The summed E-state index contributed by atoms with van der Waals surface area (Å²) in [6.45, 7) is 1.70. The lowest BCUT2D eigenvalue weighted by Crippen LogP contribution is -2.26. The second-order valence-electron chi connectivity index (χ2n) is 4.14. The quantitative estimate of drug-likeness (QED) is 0.658. The highest BCUT2D eigenvalue weighted by molar-refractivity contribution is 5.98. The van der Waals surface area contributed by atoms with Crippen LogP contribution < -0.4 is 5.32 Å². The Bertz CT molecular complexity index is 636. The maximum absolute atomic E-state index is 12.0. The Morgan fingerprint density at radius 3 is 2.75 bits per heavy atom. The van der Waals surface area contributed by atoms with E-state index < -0.39 is 28.3 Å². The maximum Gasteiger partial charge on any atom is 0.311 e. The van der Waals surface area contributed by atoms with Gasteiger partial charge in [-0.15, -0.1) is 0 Å². The van der Waals surface area contributed by atoms with Crippen molar-refractivity contribution in [2.45, 2.75) is 13.0 Å². The van der Waals surface area contributed by atoms with Gasteiger partial charge < -0.3 is 14.8 Å². The van der Waals surface area contributed by atoms with E-state index in [2.05, 4.69) is 5.32 Å². The van der Waals surface area contributed by atoms with Gasteiger partial charge in [0.15, 0.2) is 0 Å². The van der Waals surface area contributed by atoms with Crippen molar-refractivity contribution < 1.29 is 19.2 Å². The van der Waals surface area contributed by atoms with Crippen molar-refractivity contribution in [1.29, 1.82) is 0 Å². The van der Waals surface area contributed by atoms with Crippen molar-refractivity contribution in [3.8, 4) is 5.75 Å². The minimum Gasteiger partial charge on any atom is -0.502 e. The number of nitrogens with zero attached hydrogens (tertiary/aromatic N) is 1. The minimum absolute atomic E-state index is 0.155. The molecule has 0 aliphatic rings. The first kappa shape index (κ1) is 13.6. The monoisotopic (exact) mass is 276 g/mol. The van der Waals surface area contributed by atoms with Gasteiger partial charge in [-0.1, -0.05) is 6.07 Å². The third-order valence-corrected chi connectivity index (χ3v) is 2.77. The van der Waals surface area contributed by atoms with E-state index in [0.717, 1.165) is 6.07 Å². The molecular formula is C13H12N2O5. The zero-order valence-electron chi connectivity index (χ0n) is 10.6. The summed E-state index contributed by atoms with van der Waals surface area (Å²) >= 11 is 0. The Kier molecular flexibility index (Phi) is 3.69. The lowest BCUT2D eigenvalue weighted by atomic mass is 10.1. The van der Waals surface area contributed by atoms with E-state index in [9.17, 15) is 20.0 Å². The number of aromatic hydroxyl groups is 1. The van der Waals surface area contributed by atoms with Crippen LogP contribution in [0, 0.1) is 10.1 Å². The highest BCUT2D eigenvalue weighted by Crippen LogP contribution is 2.29. The number of carbonyl (C=O) groups is 1. The number of phenolic OH excluding ortho intramolecular Hbond substituents is 1. The molecule has 104 valence electrons. The molecule has 7 heteroatoms. The molecule has 1 heterocycles. The first-order valence-corrected chi connectivity index (χ1v) is 5.81. The fourth-order valence-electron chi connectivity index (χ4n) is 1.75. The summed E-state index contributed by atoms with van der Waals surface area (Å²) in [7, 11) is 0. The number of para-hydroxylation sites is 1. The number of nitrogens with one attached hydrogen (secondary N) is 1. The van der Waals surface area contributed by atoms with Gasteiger partial charge in [-0.05, 0) is 25.1 Å². The van der Waals surface area contributed by atoms with Gasteiger partial charge in [-0.2, -0.15) is 0 Å². The molecule has 2 rings (SSSR count). The largest absolute Gasteiger partial charge is 0.502 e. The van der Waals surface area contributed by atoms with E-state index >= 15 is 0 Å². The molecule has 1 atom stereocenters. The highest BCUT2D eigenvalue weighted by Gasteiger charge is 2.22. The molecule has 20 heavy (non-hydrogen) atoms. The summed E-state index contributed by atoms with van der Waals surface area (Å²) in [6.07, 6.45) is 1.48. The standard InChI is InChI=1S/C13H12N2O5/c1-8(11-6-3-7-20-11)14-13(17)9-4-2-5-10(12(9)16)15(18)19/h2-8,16H,1H3,(H,14,17). The lowest BCUT2D eigenvalue weighted by Gasteiger charge is -2.12. The first-order valence-electron chi connectivity index (χ1n) is 5.81. The van der Waals surface area contributed by atoms with Gasteiger partial charge in [0.1, 0.15) is 5.76 Å². The Labute approximate surface area is 114 Å². The summed E-state index contributed by atoms with van der Waals surface area (Å²) in [5.74, 6) is -0.722. The third kappa shape index (κ3) is 2.61. The SMILES string of the molecule is CC(NC(=O)c1cccc([N+](=O)[O-])c1O)c1ccco1. The number of hydrogen-bond acceptors (Lipinski definition) is 5. The number of phenols is 1.